The summed E-state index contributed by atoms with van der Waals surface area (Å²) < 4.78 is 5.47. The molecule has 0 fully saturated rings. The maximum atomic E-state index is 11.9. The number of hydrogen-bond donors (Lipinski definition) is 3. The molecule has 6 heteroatoms. The lowest BCUT2D eigenvalue weighted by molar-refractivity contribution is -0.118. The van der Waals surface area contributed by atoms with Crippen molar-refractivity contribution in [3.8, 4) is 5.75 Å². The maximum absolute atomic E-state index is 11.9. The number of ether oxygens (including phenoxy) is 1. The lowest BCUT2D eigenvalue weighted by Gasteiger charge is -2.08. The number of aromatic nitrogens is 2. The Kier molecular flexibility index (Phi) is 4.94. The topological polar surface area (TPSA) is 79.0 Å². The summed E-state index contributed by atoms with van der Waals surface area (Å²) in [5.74, 6) is 0.465. The molecule has 0 radical (unpaired) electrons. The zero-order chi connectivity index (χ0) is 15.2. The number of nitrogens with zero attached hydrogens (tertiary/aromatic N) is 1. The van der Waals surface area contributed by atoms with Gasteiger partial charge < -0.3 is 15.4 Å². The minimum atomic E-state index is -0.207. The number of anilines is 1. The van der Waals surface area contributed by atoms with E-state index in [-0.39, 0.29) is 12.5 Å². The number of aryl methyl sites for hydroxylation is 2. The van der Waals surface area contributed by atoms with Crippen LogP contribution in [-0.2, 0) is 11.3 Å². The van der Waals surface area contributed by atoms with Gasteiger partial charge in [-0.2, -0.15) is 5.10 Å². The molecule has 1 heterocycles. The molecule has 0 aliphatic carbocycles. The first-order chi connectivity index (χ1) is 10.1. The van der Waals surface area contributed by atoms with Gasteiger partial charge >= 0.3 is 0 Å². The minimum absolute atomic E-state index is 0.0323. The molecule has 0 aliphatic rings. The highest BCUT2D eigenvalue weighted by atomic mass is 16.5. The lowest BCUT2D eigenvalue weighted by atomic mass is 10.2. The van der Waals surface area contributed by atoms with E-state index in [0.717, 1.165) is 17.9 Å². The number of carbonyl (C=O) groups excluding carboxylic acids is 1. The van der Waals surface area contributed by atoms with Crippen molar-refractivity contribution in [1.82, 2.24) is 15.5 Å². The molecule has 112 valence electrons. The van der Waals surface area contributed by atoms with Gasteiger partial charge in [0, 0.05) is 6.54 Å². The van der Waals surface area contributed by atoms with Crippen molar-refractivity contribution in [2.75, 3.05) is 19.0 Å². The van der Waals surface area contributed by atoms with E-state index in [1.807, 2.05) is 45.2 Å². The zero-order valence-corrected chi connectivity index (χ0v) is 12.5. The molecule has 2 aromatic rings. The van der Waals surface area contributed by atoms with Crippen molar-refractivity contribution < 1.29 is 9.53 Å². The van der Waals surface area contributed by atoms with Crippen LogP contribution in [0.25, 0.3) is 0 Å². The first-order valence-corrected chi connectivity index (χ1v) is 6.78. The fraction of sp³-hybridized carbons (Fsp3) is 0.333. The van der Waals surface area contributed by atoms with E-state index in [9.17, 15) is 4.79 Å². The number of benzene rings is 1. The van der Waals surface area contributed by atoms with Gasteiger partial charge in [0.15, 0.2) is 6.61 Å². The Morgan fingerprint density at radius 1 is 1.29 bits per heavy atom. The standard InChI is InChI=1S/C15H20N4O2/c1-10-15(11(2)19-18-10)17-14(20)9-21-13-6-4-12(5-7-13)8-16-3/h4-7,16H,8-9H2,1-3H3,(H,17,20)(H,18,19). The largest absolute Gasteiger partial charge is 0.484 e. The summed E-state index contributed by atoms with van der Waals surface area (Å²) in [6.45, 7) is 4.46. The molecule has 0 atom stereocenters. The van der Waals surface area contributed by atoms with Gasteiger partial charge in [-0.1, -0.05) is 12.1 Å². The van der Waals surface area contributed by atoms with Crippen molar-refractivity contribution >= 4 is 11.6 Å². The van der Waals surface area contributed by atoms with E-state index in [1.54, 1.807) is 0 Å². The summed E-state index contributed by atoms with van der Waals surface area (Å²) in [6.07, 6.45) is 0. The van der Waals surface area contributed by atoms with Crippen LogP contribution in [0.4, 0.5) is 5.69 Å². The second kappa shape index (κ2) is 6.90. The SMILES string of the molecule is CNCc1ccc(OCC(=O)Nc2c(C)n[nH]c2C)cc1. The highest BCUT2D eigenvalue weighted by Crippen LogP contribution is 2.16. The monoisotopic (exact) mass is 288 g/mol. The van der Waals surface area contributed by atoms with Gasteiger partial charge in [-0.15, -0.1) is 0 Å². The molecule has 1 aromatic heterocycles. The molecule has 0 bridgehead atoms. The number of hydrogen-bond acceptors (Lipinski definition) is 4. The second-order valence-corrected chi connectivity index (χ2v) is 4.82. The van der Waals surface area contributed by atoms with Crippen molar-refractivity contribution in [2.24, 2.45) is 0 Å². The Bertz CT molecular complexity index is 585. The maximum Gasteiger partial charge on any atom is 0.262 e. The first kappa shape index (κ1) is 15.1. The van der Waals surface area contributed by atoms with Gasteiger partial charge in [0.05, 0.1) is 17.1 Å². The predicted octanol–water partition coefficient (Wildman–Crippen LogP) is 1.76. The van der Waals surface area contributed by atoms with Gasteiger partial charge in [-0.25, -0.2) is 0 Å². The molecule has 3 N–H and O–H groups in total. The second-order valence-electron chi connectivity index (χ2n) is 4.82. The summed E-state index contributed by atoms with van der Waals surface area (Å²) in [5, 5.41) is 12.7. The average Bonchev–Trinajstić information content (AvgIpc) is 2.79. The number of nitrogens with one attached hydrogen (secondary N) is 3. The number of H-pyrrole nitrogens is 1. The van der Waals surface area contributed by atoms with Gasteiger partial charge in [0.25, 0.3) is 5.91 Å². The van der Waals surface area contributed by atoms with Gasteiger partial charge in [0.2, 0.25) is 0 Å². The van der Waals surface area contributed by atoms with Crippen molar-refractivity contribution in [1.29, 1.82) is 0 Å². The van der Waals surface area contributed by atoms with Gasteiger partial charge in [-0.3, -0.25) is 9.89 Å². The zero-order valence-electron chi connectivity index (χ0n) is 12.5. The number of amides is 1. The van der Waals surface area contributed by atoms with E-state index in [0.29, 0.717) is 11.4 Å². The normalized spacial score (nSPS) is 10.4. The summed E-state index contributed by atoms with van der Waals surface area (Å²) in [6, 6.07) is 7.64. The molecular weight excluding hydrogens is 268 g/mol. The first-order valence-electron chi connectivity index (χ1n) is 6.78. The molecule has 6 nitrogen and oxygen atoms in total. The summed E-state index contributed by atoms with van der Waals surface area (Å²) in [7, 11) is 1.90. The van der Waals surface area contributed by atoms with Crippen molar-refractivity contribution in [3.63, 3.8) is 0 Å². The number of aromatic amines is 1. The summed E-state index contributed by atoms with van der Waals surface area (Å²) in [4.78, 5) is 11.9. The highest BCUT2D eigenvalue weighted by molar-refractivity contribution is 5.92. The van der Waals surface area contributed by atoms with Gasteiger partial charge in [0.1, 0.15) is 5.75 Å². The van der Waals surface area contributed by atoms with Crippen LogP contribution in [0.3, 0.4) is 0 Å². The Morgan fingerprint density at radius 2 is 2.00 bits per heavy atom. The van der Waals surface area contributed by atoms with Crippen LogP contribution in [0.1, 0.15) is 17.0 Å². The van der Waals surface area contributed by atoms with E-state index < -0.39 is 0 Å². The summed E-state index contributed by atoms with van der Waals surface area (Å²) >= 11 is 0. The molecule has 0 spiro atoms. The number of carbonyl (C=O) groups is 1. The van der Waals surface area contributed by atoms with Crippen molar-refractivity contribution in [3.05, 3.63) is 41.2 Å². The van der Waals surface area contributed by atoms with E-state index in [1.165, 1.54) is 5.56 Å². The smallest absolute Gasteiger partial charge is 0.262 e. The Labute approximate surface area is 123 Å². The Balaban J connectivity index is 1.86. The Morgan fingerprint density at radius 3 is 2.57 bits per heavy atom. The third-order valence-electron chi connectivity index (χ3n) is 3.07. The quantitative estimate of drug-likeness (QED) is 0.757. The van der Waals surface area contributed by atoms with Crippen LogP contribution in [0.15, 0.2) is 24.3 Å². The van der Waals surface area contributed by atoms with E-state index >= 15 is 0 Å². The molecule has 1 aromatic carbocycles. The fourth-order valence-electron chi connectivity index (χ4n) is 1.97. The lowest BCUT2D eigenvalue weighted by Crippen LogP contribution is -2.20. The molecule has 0 unspecified atom stereocenters. The van der Waals surface area contributed by atoms with E-state index in [2.05, 4.69) is 20.8 Å². The van der Waals surface area contributed by atoms with Crippen molar-refractivity contribution in [2.45, 2.75) is 20.4 Å². The molecule has 0 saturated heterocycles. The molecular formula is C15H20N4O2. The van der Waals surface area contributed by atoms with Crippen LogP contribution in [0, 0.1) is 13.8 Å². The highest BCUT2D eigenvalue weighted by Gasteiger charge is 2.10. The third-order valence-corrected chi connectivity index (χ3v) is 3.07. The molecule has 0 saturated carbocycles. The Hall–Kier alpha value is -2.34. The average molecular weight is 288 g/mol. The van der Waals surface area contributed by atoms with Crippen LogP contribution in [0.5, 0.6) is 5.75 Å². The van der Waals surface area contributed by atoms with Crippen LogP contribution in [-0.4, -0.2) is 29.8 Å². The molecule has 1 amide bonds. The fourth-order valence-corrected chi connectivity index (χ4v) is 1.97. The van der Waals surface area contributed by atoms with Crippen LogP contribution >= 0.6 is 0 Å². The van der Waals surface area contributed by atoms with Crippen LogP contribution < -0.4 is 15.4 Å². The van der Waals surface area contributed by atoms with E-state index in [4.69, 9.17) is 4.74 Å². The summed E-state index contributed by atoms with van der Waals surface area (Å²) in [5.41, 5.74) is 3.47. The number of rotatable bonds is 6. The van der Waals surface area contributed by atoms with Crippen LogP contribution in [0.2, 0.25) is 0 Å². The predicted molar refractivity (Wildman–Crippen MR) is 81.4 cm³/mol. The third kappa shape index (κ3) is 4.06. The minimum Gasteiger partial charge on any atom is -0.484 e. The van der Waals surface area contributed by atoms with Gasteiger partial charge in [-0.05, 0) is 38.6 Å². The molecule has 0 aliphatic heterocycles. The molecule has 21 heavy (non-hydrogen) atoms. The molecule has 2 rings (SSSR count).